The van der Waals surface area contributed by atoms with E-state index in [1.54, 1.807) is 0 Å². The van der Waals surface area contributed by atoms with E-state index >= 15 is 0 Å². The van der Waals surface area contributed by atoms with Gasteiger partial charge < -0.3 is 21.1 Å². The number of hydrogen-bond acceptors (Lipinski definition) is 7. The lowest BCUT2D eigenvalue weighted by Gasteiger charge is -2.07. The Morgan fingerprint density at radius 1 is 1.35 bits per heavy atom. The Kier molecular flexibility index (Phi) is 4.92. The molecular formula is C9H16N6O2. The summed E-state index contributed by atoms with van der Waals surface area (Å²) in [6.45, 7) is 4.70. The third-order valence-electron chi connectivity index (χ3n) is 1.69. The summed E-state index contributed by atoms with van der Waals surface area (Å²) in [4.78, 5) is 22.3. The number of hydrogen-bond donors (Lipinski definition) is 3. The number of nitrogens with one attached hydrogen (secondary N) is 2. The van der Waals surface area contributed by atoms with Gasteiger partial charge >= 0.3 is 6.01 Å². The molecule has 17 heavy (non-hydrogen) atoms. The molecule has 0 radical (unpaired) electrons. The van der Waals surface area contributed by atoms with Crippen LogP contribution in [0, 0.1) is 0 Å². The van der Waals surface area contributed by atoms with Gasteiger partial charge in [0.2, 0.25) is 17.8 Å². The van der Waals surface area contributed by atoms with Crippen LogP contribution in [0.25, 0.3) is 0 Å². The second-order valence-electron chi connectivity index (χ2n) is 3.14. The Hall–Kier alpha value is -2.12. The third-order valence-corrected chi connectivity index (χ3v) is 1.69. The molecule has 1 amide bonds. The number of ether oxygens (including phenoxy) is 1. The highest BCUT2D eigenvalue weighted by Gasteiger charge is 2.04. The van der Waals surface area contributed by atoms with Crippen molar-refractivity contribution in [3.63, 3.8) is 0 Å². The first-order valence-corrected chi connectivity index (χ1v) is 5.24. The van der Waals surface area contributed by atoms with Gasteiger partial charge in [-0.15, -0.1) is 0 Å². The molecule has 94 valence electrons. The first-order valence-electron chi connectivity index (χ1n) is 5.24. The van der Waals surface area contributed by atoms with Gasteiger partial charge in [0.05, 0.1) is 6.61 Å². The normalized spacial score (nSPS) is 9.76. The Bertz CT molecular complexity index is 384. The van der Waals surface area contributed by atoms with Crippen LogP contribution in [-0.2, 0) is 4.79 Å². The maximum Gasteiger partial charge on any atom is 0.323 e. The highest BCUT2D eigenvalue weighted by atomic mass is 16.5. The van der Waals surface area contributed by atoms with Crippen LogP contribution >= 0.6 is 0 Å². The van der Waals surface area contributed by atoms with Gasteiger partial charge in [-0.25, -0.2) is 0 Å². The van der Waals surface area contributed by atoms with E-state index in [9.17, 15) is 4.79 Å². The number of nitrogens with zero attached hydrogens (tertiary/aromatic N) is 3. The lowest BCUT2D eigenvalue weighted by atomic mass is 10.6. The van der Waals surface area contributed by atoms with E-state index in [1.165, 1.54) is 6.92 Å². The van der Waals surface area contributed by atoms with Crippen LogP contribution in [0.1, 0.15) is 13.8 Å². The molecule has 0 spiro atoms. The molecule has 1 aromatic heterocycles. The highest BCUT2D eigenvalue weighted by Crippen LogP contribution is 2.07. The number of rotatable bonds is 6. The van der Waals surface area contributed by atoms with Gasteiger partial charge in [-0.2, -0.15) is 15.0 Å². The van der Waals surface area contributed by atoms with Gasteiger partial charge in [0, 0.05) is 20.0 Å². The predicted molar refractivity (Wildman–Crippen MR) is 62.6 cm³/mol. The summed E-state index contributed by atoms with van der Waals surface area (Å²) in [5, 5.41) is 5.54. The quantitative estimate of drug-likeness (QED) is 0.569. The minimum atomic E-state index is -0.0861. The Labute approximate surface area is 99.0 Å². The summed E-state index contributed by atoms with van der Waals surface area (Å²) >= 11 is 0. The molecule has 0 bridgehead atoms. The number of aromatic nitrogens is 3. The van der Waals surface area contributed by atoms with Crippen LogP contribution in [0.3, 0.4) is 0 Å². The summed E-state index contributed by atoms with van der Waals surface area (Å²) in [6, 6.07) is 0.182. The average molecular weight is 240 g/mol. The fourth-order valence-corrected chi connectivity index (χ4v) is 1.06. The number of carbonyl (C=O) groups is 1. The van der Waals surface area contributed by atoms with Crippen molar-refractivity contribution in [3.8, 4) is 6.01 Å². The van der Waals surface area contributed by atoms with Gasteiger partial charge in [0.15, 0.2) is 0 Å². The predicted octanol–water partition coefficient (Wildman–Crippen LogP) is -0.599. The lowest BCUT2D eigenvalue weighted by molar-refractivity contribution is -0.118. The topological polar surface area (TPSA) is 115 Å². The van der Waals surface area contributed by atoms with Crippen LogP contribution < -0.4 is 21.1 Å². The zero-order valence-corrected chi connectivity index (χ0v) is 9.86. The zero-order valence-electron chi connectivity index (χ0n) is 9.86. The summed E-state index contributed by atoms with van der Waals surface area (Å²) in [7, 11) is 0. The summed E-state index contributed by atoms with van der Waals surface area (Å²) in [5.41, 5.74) is 5.49. The van der Waals surface area contributed by atoms with E-state index in [2.05, 4.69) is 25.6 Å². The third kappa shape index (κ3) is 4.96. The van der Waals surface area contributed by atoms with E-state index in [4.69, 9.17) is 10.5 Å². The van der Waals surface area contributed by atoms with Gasteiger partial charge in [0.25, 0.3) is 0 Å². The molecule has 0 aliphatic carbocycles. The van der Waals surface area contributed by atoms with Crippen LogP contribution in [0.15, 0.2) is 0 Å². The van der Waals surface area contributed by atoms with Gasteiger partial charge in [0.1, 0.15) is 0 Å². The molecule has 0 aliphatic heterocycles. The van der Waals surface area contributed by atoms with Crippen LogP contribution in [-0.4, -0.2) is 40.6 Å². The van der Waals surface area contributed by atoms with Crippen molar-refractivity contribution in [3.05, 3.63) is 0 Å². The largest absolute Gasteiger partial charge is 0.464 e. The summed E-state index contributed by atoms with van der Waals surface area (Å²) < 4.78 is 5.12. The van der Waals surface area contributed by atoms with Crippen molar-refractivity contribution < 1.29 is 9.53 Å². The molecule has 0 fully saturated rings. The Balaban J connectivity index is 2.49. The molecule has 0 aliphatic rings. The molecular weight excluding hydrogens is 224 g/mol. The number of anilines is 2. The van der Waals surface area contributed by atoms with Gasteiger partial charge in [-0.1, -0.05) is 0 Å². The molecule has 1 aromatic rings. The maximum absolute atomic E-state index is 10.6. The van der Waals surface area contributed by atoms with Crippen molar-refractivity contribution >= 4 is 17.8 Å². The lowest BCUT2D eigenvalue weighted by Crippen LogP contribution is -2.26. The van der Waals surface area contributed by atoms with E-state index in [-0.39, 0.29) is 17.9 Å². The number of nitrogen functional groups attached to an aromatic ring is 1. The van der Waals surface area contributed by atoms with Crippen molar-refractivity contribution in [1.29, 1.82) is 0 Å². The molecule has 0 unspecified atom stereocenters. The molecule has 0 atom stereocenters. The monoisotopic (exact) mass is 240 g/mol. The Morgan fingerprint density at radius 3 is 2.76 bits per heavy atom. The maximum atomic E-state index is 10.6. The zero-order chi connectivity index (χ0) is 12.7. The smallest absolute Gasteiger partial charge is 0.323 e. The second-order valence-corrected chi connectivity index (χ2v) is 3.14. The number of nitrogens with two attached hydrogens (primary N) is 1. The minimum absolute atomic E-state index is 0.0861. The SMILES string of the molecule is CCOc1nc(N)nc(NCCNC(C)=O)n1. The first-order chi connectivity index (χ1) is 8.11. The molecule has 0 saturated carbocycles. The van der Waals surface area contributed by atoms with E-state index in [1.807, 2.05) is 6.92 Å². The van der Waals surface area contributed by atoms with Crippen LogP contribution in [0.4, 0.5) is 11.9 Å². The Morgan fingerprint density at radius 2 is 2.12 bits per heavy atom. The van der Waals surface area contributed by atoms with Gasteiger partial charge in [-0.3, -0.25) is 4.79 Å². The molecule has 1 rings (SSSR count). The van der Waals surface area contributed by atoms with E-state index in [0.717, 1.165) is 0 Å². The van der Waals surface area contributed by atoms with Crippen LogP contribution in [0.2, 0.25) is 0 Å². The van der Waals surface area contributed by atoms with Crippen molar-refractivity contribution in [2.24, 2.45) is 0 Å². The van der Waals surface area contributed by atoms with Crippen molar-refractivity contribution in [1.82, 2.24) is 20.3 Å². The molecule has 4 N–H and O–H groups in total. The molecule has 0 saturated heterocycles. The standard InChI is InChI=1S/C9H16N6O2/c1-3-17-9-14-7(10)13-8(15-9)12-5-4-11-6(2)16/h3-5H2,1-2H3,(H,11,16)(H3,10,12,13,14,15). The van der Waals surface area contributed by atoms with E-state index in [0.29, 0.717) is 25.6 Å². The van der Waals surface area contributed by atoms with Crippen molar-refractivity contribution in [2.45, 2.75) is 13.8 Å². The molecule has 0 aromatic carbocycles. The fourth-order valence-electron chi connectivity index (χ4n) is 1.06. The first kappa shape index (κ1) is 12.9. The molecule has 1 heterocycles. The number of carbonyl (C=O) groups excluding carboxylic acids is 1. The highest BCUT2D eigenvalue weighted by molar-refractivity contribution is 5.72. The fraction of sp³-hybridized carbons (Fsp3) is 0.556. The summed E-state index contributed by atoms with van der Waals surface area (Å²) in [6.07, 6.45) is 0. The number of amides is 1. The van der Waals surface area contributed by atoms with E-state index < -0.39 is 0 Å². The van der Waals surface area contributed by atoms with Gasteiger partial charge in [-0.05, 0) is 6.92 Å². The second kappa shape index (κ2) is 6.46. The summed E-state index contributed by atoms with van der Waals surface area (Å²) in [5.74, 6) is 0.328. The van der Waals surface area contributed by atoms with Crippen LogP contribution in [0.5, 0.6) is 6.01 Å². The average Bonchev–Trinajstić information content (AvgIpc) is 2.24. The van der Waals surface area contributed by atoms with Crippen molar-refractivity contribution in [2.75, 3.05) is 30.7 Å². The molecule has 8 heteroatoms. The minimum Gasteiger partial charge on any atom is -0.464 e. The molecule has 8 nitrogen and oxygen atoms in total.